The van der Waals surface area contributed by atoms with Gasteiger partial charge in [-0.15, -0.1) is 0 Å². The van der Waals surface area contributed by atoms with Gasteiger partial charge in [-0.2, -0.15) is 0 Å². The van der Waals surface area contributed by atoms with E-state index in [-0.39, 0.29) is 23.4 Å². The second-order valence-electron chi connectivity index (χ2n) is 5.15. The monoisotopic (exact) mass is 283 g/mol. The van der Waals surface area contributed by atoms with Gasteiger partial charge in [0.1, 0.15) is 6.54 Å². The number of piperidine rings is 1. The summed E-state index contributed by atoms with van der Waals surface area (Å²) < 4.78 is 1.55. The van der Waals surface area contributed by atoms with Crippen LogP contribution in [0, 0.1) is 13.8 Å². The number of nitrogens with one attached hydrogen (secondary N) is 2. The molecule has 1 fully saturated rings. The molecule has 19 heavy (non-hydrogen) atoms. The molecular weight excluding hydrogens is 262 g/mol. The average Bonchev–Trinajstić information content (AvgIpc) is 2.59. The topological polar surface area (TPSA) is 63.1 Å². The third-order valence-electron chi connectivity index (χ3n) is 3.79. The molecule has 2 atom stereocenters. The van der Waals surface area contributed by atoms with E-state index in [4.69, 9.17) is 0 Å². The lowest BCUT2D eigenvalue weighted by Gasteiger charge is -2.30. The smallest absolute Gasteiger partial charge is 0.308 e. The van der Waals surface area contributed by atoms with Crippen molar-refractivity contribution in [3.63, 3.8) is 0 Å². The summed E-state index contributed by atoms with van der Waals surface area (Å²) in [6.07, 6.45) is 2.07. The normalized spacial score (nSPS) is 23.3. The van der Waals surface area contributed by atoms with Crippen molar-refractivity contribution in [3.8, 4) is 0 Å². The first-order valence-corrected chi connectivity index (χ1v) is 7.50. The van der Waals surface area contributed by atoms with Gasteiger partial charge in [-0.3, -0.25) is 14.2 Å². The Bertz CT molecular complexity index is 520. The molecule has 2 N–H and O–H groups in total. The fourth-order valence-corrected chi connectivity index (χ4v) is 3.24. The lowest BCUT2D eigenvalue weighted by atomic mass is 10.00. The van der Waals surface area contributed by atoms with Gasteiger partial charge in [0, 0.05) is 22.7 Å². The first-order valence-electron chi connectivity index (χ1n) is 6.68. The Labute approximate surface area is 117 Å². The van der Waals surface area contributed by atoms with Crippen molar-refractivity contribution < 1.29 is 4.79 Å². The SMILES string of the molecule is Cc1sc(=O)n(CC(=O)NC2CCCNC2C)c1C. The third kappa shape index (κ3) is 3.25. The molecule has 2 rings (SSSR count). The summed E-state index contributed by atoms with van der Waals surface area (Å²) >= 11 is 1.20. The molecule has 1 saturated heterocycles. The number of hydrogen-bond acceptors (Lipinski definition) is 4. The summed E-state index contributed by atoms with van der Waals surface area (Å²) in [7, 11) is 0. The number of carbonyl (C=O) groups is 1. The molecular formula is C13H21N3O2S. The number of thiazole rings is 1. The van der Waals surface area contributed by atoms with Crippen molar-refractivity contribution >= 4 is 17.2 Å². The second kappa shape index (κ2) is 5.88. The zero-order valence-corrected chi connectivity index (χ0v) is 12.5. The maximum absolute atomic E-state index is 12.0. The molecule has 0 spiro atoms. The van der Waals surface area contributed by atoms with Crippen molar-refractivity contribution in [2.45, 2.75) is 52.2 Å². The van der Waals surface area contributed by atoms with E-state index in [9.17, 15) is 9.59 Å². The summed E-state index contributed by atoms with van der Waals surface area (Å²) in [5, 5.41) is 6.37. The lowest BCUT2D eigenvalue weighted by molar-refractivity contribution is -0.122. The van der Waals surface area contributed by atoms with Crippen LogP contribution in [0.3, 0.4) is 0 Å². The van der Waals surface area contributed by atoms with Crippen LogP contribution in [-0.4, -0.2) is 29.1 Å². The number of aromatic nitrogens is 1. The van der Waals surface area contributed by atoms with Gasteiger partial charge >= 0.3 is 4.87 Å². The van der Waals surface area contributed by atoms with Crippen molar-refractivity contribution in [1.29, 1.82) is 0 Å². The molecule has 1 aliphatic rings. The second-order valence-corrected chi connectivity index (χ2v) is 6.32. The molecule has 106 valence electrons. The van der Waals surface area contributed by atoms with Gasteiger partial charge in [0.25, 0.3) is 0 Å². The molecule has 0 aromatic carbocycles. The predicted octanol–water partition coefficient (Wildman–Crippen LogP) is 0.783. The van der Waals surface area contributed by atoms with Crippen LogP contribution in [0.4, 0.5) is 0 Å². The first kappa shape index (κ1) is 14.3. The van der Waals surface area contributed by atoms with Crippen molar-refractivity contribution in [2.75, 3.05) is 6.54 Å². The predicted molar refractivity (Wildman–Crippen MR) is 76.7 cm³/mol. The zero-order chi connectivity index (χ0) is 14.0. The summed E-state index contributed by atoms with van der Waals surface area (Å²) in [6, 6.07) is 0.455. The fourth-order valence-electron chi connectivity index (χ4n) is 2.41. The summed E-state index contributed by atoms with van der Waals surface area (Å²) in [5.41, 5.74) is 0.889. The number of hydrogen-bond donors (Lipinski definition) is 2. The highest BCUT2D eigenvalue weighted by Crippen LogP contribution is 2.10. The van der Waals surface area contributed by atoms with Crippen LogP contribution in [0.25, 0.3) is 0 Å². The Balaban J connectivity index is 1.99. The van der Waals surface area contributed by atoms with E-state index in [0.717, 1.165) is 30.0 Å². The number of amides is 1. The highest BCUT2D eigenvalue weighted by Gasteiger charge is 2.22. The van der Waals surface area contributed by atoms with E-state index in [1.54, 1.807) is 4.57 Å². The van der Waals surface area contributed by atoms with Crippen molar-refractivity contribution in [2.24, 2.45) is 0 Å². The van der Waals surface area contributed by atoms with Gasteiger partial charge < -0.3 is 10.6 Å². The van der Waals surface area contributed by atoms with Crippen LogP contribution < -0.4 is 15.5 Å². The number of nitrogens with zero attached hydrogens (tertiary/aromatic N) is 1. The van der Waals surface area contributed by atoms with E-state index >= 15 is 0 Å². The third-order valence-corrected chi connectivity index (χ3v) is 4.78. The van der Waals surface area contributed by atoms with Crippen LogP contribution in [0.1, 0.15) is 30.3 Å². The van der Waals surface area contributed by atoms with E-state index < -0.39 is 0 Å². The van der Waals surface area contributed by atoms with Crippen LogP contribution in [-0.2, 0) is 11.3 Å². The van der Waals surface area contributed by atoms with Gasteiger partial charge in [0.2, 0.25) is 5.91 Å². The molecule has 0 aliphatic carbocycles. The zero-order valence-electron chi connectivity index (χ0n) is 11.7. The standard InChI is InChI=1S/C13H21N3O2S/c1-8-11(5-4-6-14-8)15-12(17)7-16-9(2)10(3)19-13(16)18/h8,11,14H,4-7H2,1-3H3,(H,15,17). The minimum atomic E-state index is -0.0800. The molecule has 0 bridgehead atoms. The Morgan fingerprint density at radius 2 is 2.26 bits per heavy atom. The number of carbonyl (C=O) groups excluding carboxylic acids is 1. The quantitative estimate of drug-likeness (QED) is 0.862. The van der Waals surface area contributed by atoms with Crippen LogP contribution >= 0.6 is 11.3 Å². The Hall–Kier alpha value is -1.14. The fraction of sp³-hybridized carbons (Fsp3) is 0.692. The summed E-state index contributed by atoms with van der Waals surface area (Å²) in [5.74, 6) is -0.0800. The highest BCUT2D eigenvalue weighted by molar-refractivity contribution is 7.09. The summed E-state index contributed by atoms with van der Waals surface area (Å²) in [4.78, 5) is 24.7. The van der Waals surface area contributed by atoms with Crippen molar-refractivity contribution in [3.05, 3.63) is 20.2 Å². The molecule has 5 nitrogen and oxygen atoms in total. The molecule has 1 aliphatic heterocycles. The summed E-state index contributed by atoms with van der Waals surface area (Å²) in [6.45, 7) is 7.00. The molecule has 2 heterocycles. The molecule has 1 aromatic rings. The maximum atomic E-state index is 12.0. The Morgan fingerprint density at radius 3 is 2.84 bits per heavy atom. The van der Waals surface area contributed by atoms with Crippen LogP contribution in [0.5, 0.6) is 0 Å². The van der Waals surface area contributed by atoms with E-state index in [2.05, 4.69) is 17.6 Å². The maximum Gasteiger partial charge on any atom is 0.308 e. The lowest BCUT2D eigenvalue weighted by Crippen LogP contribution is -2.52. The van der Waals surface area contributed by atoms with Gasteiger partial charge in [0.05, 0.1) is 0 Å². The van der Waals surface area contributed by atoms with E-state index in [0.29, 0.717) is 6.04 Å². The van der Waals surface area contributed by atoms with Crippen molar-refractivity contribution in [1.82, 2.24) is 15.2 Å². The first-order chi connectivity index (χ1) is 8.99. The highest BCUT2D eigenvalue weighted by atomic mass is 32.1. The molecule has 1 aromatic heterocycles. The number of rotatable bonds is 3. The Kier molecular flexibility index (Phi) is 4.42. The van der Waals surface area contributed by atoms with Crippen LogP contribution in [0.15, 0.2) is 4.79 Å². The largest absolute Gasteiger partial charge is 0.350 e. The van der Waals surface area contributed by atoms with Gasteiger partial charge in [-0.25, -0.2) is 0 Å². The Morgan fingerprint density at radius 1 is 1.53 bits per heavy atom. The van der Waals surface area contributed by atoms with Gasteiger partial charge in [-0.1, -0.05) is 11.3 Å². The van der Waals surface area contributed by atoms with E-state index in [1.807, 2.05) is 13.8 Å². The molecule has 1 amide bonds. The molecule has 0 saturated carbocycles. The molecule has 6 heteroatoms. The number of aryl methyl sites for hydroxylation is 1. The minimum Gasteiger partial charge on any atom is -0.350 e. The van der Waals surface area contributed by atoms with Crippen LogP contribution in [0.2, 0.25) is 0 Å². The van der Waals surface area contributed by atoms with Gasteiger partial charge in [0.15, 0.2) is 0 Å². The van der Waals surface area contributed by atoms with E-state index in [1.165, 1.54) is 11.3 Å². The molecule has 0 radical (unpaired) electrons. The van der Waals surface area contributed by atoms with Gasteiger partial charge in [-0.05, 0) is 40.2 Å². The average molecular weight is 283 g/mol. The molecule has 2 unspecified atom stereocenters. The minimum absolute atomic E-state index is 0.0556.